The molecule has 0 aliphatic heterocycles. The van der Waals surface area contributed by atoms with Crippen molar-refractivity contribution >= 4 is 22.9 Å². The average Bonchev–Trinajstić information content (AvgIpc) is 3.15. The zero-order valence-corrected chi connectivity index (χ0v) is 15.0. The Labute approximate surface area is 164 Å². The maximum Gasteiger partial charge on any atom is 0.416 e. The lowest BCUT2D eigenvalue weighted by Crippen LogP contribution is -2.29. The summed E-state index contributed by atoms with van der Waals surface area (Å²) in [6, 6.07) is 8.69. The smallest absolute Gasteiger partial charge is 0.298 e. The van der Waals surface area contributed by atoms with Crippen molar-refractivity contribution in [3.8, 4) is 10.6 Å². The fourth-order valence-corrected chi connectivity index (χ4v) is 3.10. The Morgan fingerprint density at radius 3 is 2.17 bits per heavy atom. The molecule has 3 rings (SSSR count). The number of alkyl halides is 6. The number of rotatable bonds is 4. The molecule has 2 aromatic carbocycles. The summed E-state index contributed by atoms with van der Waals surface area (Å²) < 4.78 is 76.6. The summed E-state index contributed by atoms with van der Waals surface area (Å²) in [5.74, 6) is -0.753. The Bertz CT molecular complexity index is 1030. The van der Waals surface area contributed by atoms with Crippen molar-refractivity contribution in [2.45, 2.75) is 12.4 Å². The lowest BCUT2D eigenvalue weighted by Gasteiger charge is -2.11. The van der Waals surface area contributed by atoms with E-state index in [4.69, 9.17) is 0 Å². The number of carbonyl (C=O) groups is 1. The molecule has 1 aromatic heterocycles. The lowest BCUT2D eigenvalue weighted by atomic mass is 10.1. The molecule has 0 unspecified atom stereocenters. The Morgan fingerprint density at radius 2 is 1.52 bits per heavy atom. The third-order valence-corrected chi connectivity index (χ3v) is 4.58. The number of hydrazine groups is 1. The number of nitrogens with zero attached hydrogens (tertiary/aromatic N) is 1. The van der Waals surface area contributed by atoms with Gasteiger partial charge in [0.25, 0.3) is 5.91 Å². The van der Waals surface area contributed by atoms with Crippen molar-refractivity contribution in [1.82, 2.24) is 10.4 Å². The number of aromatic nitrogens is 1. The van der Waals surface area contributed by atoms with Gasteiger partial charge in [-0.05, 0) is 30.3 Å². The van der Waals surface area contributed by atoms with E-state index in [0.717, 1.165) is 35.6 Å². The van der Waals surface area contributed by atoms with Gasteiger partial charge in [0.1, 0.15) is 10.7 Å². The van der Waals surface area contributed by atoms with Crippen LogP contribution in [0.3, 0.4) is 0 Å². The summed E-state index contributed by atoms with van der Waals surface area (Å²) in [5.41, 5.74) is 2.91. The van der Waals surface area contributed by atoms with Crippen LogP contribution in [-0.4, -0.2) is 10.9 Å². The van der Waals surface area contributed by atoms with Gasteiger partial charge in [0.15, 0.2) is 0 Å². The van der Waals surface area contributed by atoms with E-state index in [0.29, 0.717) is 0 Å². The van der Waals surface area contributed by atoms with Gasteiger partial charge in [0.2, 0.25) is 0 Å². The van der Waals surface area contributed by atoms with Crippen molar-refractivity contribution in [2.75, 3.05) is 5.43 Å². The van der Waals surface area contributed by atoms with Crippen LogP contribution in [0, 0.1) is 0 Å². The Morgan fingerprint density at radius 1 is 0.897 bits per heavy atom. The SMILES string of the molecule is O=C(NNc1cccc(C(F)(F)F)c1)c1csc(-c2cccc(C(F)(F)F)c2)n1. The molecule has 29 heavy (non-hydrogen) atoms. The van der Waals surface area contributed by atoms with Crippen LogP contribution < -0.4 is 10.9 Å². The van der Waals surface area contributed by atoms with Gasteiger partial charge in [-0.3, -0.25) is 15.6 Å². The van der Waals surface area contributed by atoms with Gasteiger partial charge in [-0.25, -0.2) is 4.98 Å². The number of thiazole rings is 1. The molecule has 0 atom stereocenters. The second-order valence-electron chi connectivity index (χ2n) is 5.77. The van der Waals surface area contributed by atoms with Gasteiger partial charge in [-0.1, -0.05) is 18.2 Å². The Hall–Kier alpha value is -3.08. The molecule has 11 heteroatoms. The van der Waals surface area contributed by atoms with Crippen LogP contribution in [0.1, 0.15) is 21.6 Å². The van der Waals surface area contributed by atoms with Crippen LogP contribution in [0.2, 0.25) is 0 Å². The molecule has 0 spiro atoms. The summed E-state index contributed by atoms with van der Waals surface area (Å²) in [4.78, 5) is 16.1. The molecular weight excluding hydrogens is 420 g/mol. The number of hydrogen-bond donors (Lipinski definition) is 2. The minimum Gasteiger partial charge on any atom is -0.298 e. The zero-order chi connectivity index (χ0) is 21.2. The van der Waals surface area contributed by atoms with Crippen LogP contribution >= 0.6 is 11.3 Å². The molecule has 2 N–H and O–H groups in total. The summed E-state index contributed by atoms with van der Waals surface area (Å²) in [5, 5.41) is 1.53. The van der Waals surface area contributed by atoms with E-state index < -0.39 is 29.4 Å². The largest absolute Gasteiger partial charge is 0.416 e. The highest BCUT2D eigenvalue weighted by Crippen LogP contribution is 2.33. The molecular formula is C18H11F6N3OS. The van der Waals surface area contributed by atoms with Gasteiger partial charge >= 0.3 is 12.4 Å². The Balaban J connectivity index is 1.71. The van der Waals surface area contributed by atoms with Crippen LogP contribution in [-0.2, 0) is 12.4 Å². The highest BCUT2D eigenvalue weighted by atomic mass is 32.1. The first-order chi connectivity index (χ1) is 13.5. The van der Waals surface area contributed by atoms with Crippen LogP contribution in [0.15, 0.2) is 53.9 Å². The number of benzene rings is 2. The maximum atomic E-state index is 12.8. The summed E-state index contributed by atoms with van der Waals surface area (Å²) >= 11 is 0.962. The average molecular weight is 431 g/mol. The van der Waals surface area contributed by atoms with E-state index in [1.54, 1.807) is 0 Å². The van der Waals surface area contributed by atoms with Crippen LogP contribution in [0.4, 0.5) is 32.0 Å². The highest BCUT2D eigenvalue weighted by molar-refractivity contribution is 7.13. The van der Waals surface area contributed by atoms with Crippen molar-refractivity contribution < 1.29 is 31.1 Å². The van der Waals surface area contributed by atoms with Crippen molar-refractivity contribution in [3.63, 3.8) is 0 Å². The highest BCUT2D eigenvalue weighted by Gasteiger charge is 2.31. The first-order valence-electron chi connectivity index (χ1n) is 7.91. The van der Waals surface area contributed by atoms with Crippen LogP contribution in [0.5, 0.6) is 0 Å². The summed E-state index contributed by atoms with van der Waals surface area (Å²) in [6.07, 6.45) is -9.04. The maximum absolute atomic E-state index is 12.8. The topological polar surface area (TPSA) is 54.0 Å². The minimum absolute atomic E-state index is 0.00139. The Kier molecular flexibility index (Phi) is 5.51. The molecule has 0 fully saturated rings. The van der Waals surface area contributed by atoms with Gasteiger partial charge in [0.05, 0.1) is 16.8 Å². The molecule has 0 saturated heterocycles. The van der Waals surface area contributed by atoms with E-state index in [2.05, 4.69) is 15.8 Å². The normalized spacial score (nSPS) is 11.9. The molecule has 0 aliphatic carbocycles. The van der Waals surface area contributed by atoms with Crippen molar-refractivity contribution in [3.05, 3.63) is 70.7 Å². The fraction of sp³-hybridized carbons (Fsp3) is 0.111. The van der Waals surface area contributed by atoms with Gasteiger partial charge in [-0.2, -0.15) is 26.3 Å². The van der Waals surface area contributed by atoms with Gasteiger partial charge in [-0.15, -0.1) is 11.3 Å². The third kappa shape index (κ3) is 5.05. The molecule has 1 heterocycles. The van der Waals surface area contributed by atoms with E-state index in [9.17, 15) is 31.1 Å². The number of carbonyl (C=O) groups excluding carboxylic acids is 1. The third-order valence-electron chi connectivity index (χ3n) is 3.68. The second-order valence-corrected chi connectivity index (χ2v) is 6.63. The molecule has 3 aromatic rings. The molecule has 0 radical (unpaired) electrons. The zero-order valence-electron chi connectivity index (χ0n) is 14.2. The number of hydrogen-bond acceptors (Lipinski definition) is 4. The van der Waals surface area contributed by atoms with Crippen LogP contribution in [0.25, 0.3) is 10.6 Å². The van der Waals surface area contributed by atoms with Crippen molar-refractivity contribution in [2.24, 2.45) is 0 Å². The fourth-order valence-electron chi connectivity index (χ4n) is 2.31. The molecule has 0 bridgehead atoms. The van der Waals surface area contributed by atoms with Crippen molar-refractivity contribution in [1.29, 1.82) is 0 Å². The van der Waals surface area contributed by atoms with Gasteiger partial charge in [0, 0.05) is 10.9 Å². The van der Waals surface area contributed by atoms with E-state index in [1.807, 2.05) is 0 Å². The predicted octanol–water partition coefficient (Wildman–Crippen LogP) is 5.60. The monoisotopic (exact) mass is 431 g/mol. The molecule has 4 nitrogen and oxygen atoms in total. The first kappa shape index (κ1) is 20.6. The van der Waals surface area contributed by atoms with Gasteiger partial charge < -0.3 is 0 Å². The number of halogens is 6. The summed E-state index contributed by atoms with van der Waals surface area (Å²) in [6.45, 7) is 0. The number of nitrogens with one attached hydrogen (secondary N) is 2. The van der Waals surface area contributed by atoms with E-state index >= 15 is 0 Å². The summed E-state index contributed by atoms with van der Waals surface area (Å²) in [7, 11) is 0. The first-order valence-corrected chi connectivity index (χ1v) is 8.79. The number of anilines is 1. The lowest BCUT2D eigenvalue weighted by molar-refractivity contribution is -0.138. The van der Waals surface area contributed by atoms with E-state index in [-0.39, 0.29) is 22.0 Å². The second kappa shape index (κ2) is 7.74. The molecule has 0 saturated carbocycles. The molecule has 1 amide bonds. The number of amides is 1. The predicted molar refractivity (Wildman–Crippen MR) is 95.1 cm³/mol. The minimum atomic E-state index is -4.53. The molecule has 152 valence electrons. The van der Waals surface area contributed by atoms with E-state index in [1.165, 1.54) is 29.6 Å². The molecule has 0 aliphatic rings. The quantitative estimate of drug-likeness (QED) is 0.417. The standard InChI is InChI=1S/C18H11F6N3OS/c19-17(20,21)11-4-1-3-10(7-11)16-25-14(9-29-16)15(28)27-26-13-6-2-5-12(8-13)18(22,23)24/h1-9,26H,(H,27,28).